The van der Waals surface area contributed by atoms with Crippen LogP contribution in [0, 0.1) is 0 Å². The van der Waals surface area contributed by atoms with Crippen LogP contribution in [0.2, 0.25) is 0 Å². The van der Waals surface area contributed by atoms with Gasteiger partial charge in [-0.15, -0.1) is 0 Å². The average molecular weight is 193 g/mol. The van der Waals surface area contributed by atoms with Gasteiger partial charge in [0.1, 0.15) is 5.75 Å². The molecule has 0 N–H and O–H groups in total. The lowest BCUT2D eigenvalue weighted by molar-refractivity contribution is -0.305. The molecule has 14 heavy (non-hydrogen) atoms. The van der Waals surface area contributed by atoms with Gasteiger partial charge in [-0.1, -0.05) is 12.1 Å². The van der Waals surface area contributed by atoms with Crippen LogP contribution in [-0.4, -0.2) is 12.6 Å². The second-order valence-electron chi connectivity index (χ2n) is 2.95. The molecule has 0 aromatic heterocycles. The number of rotatable bonds is 5. The topological polar surface area (TPSA) is 49.4 Å². The molecule has 0 saturated carbocycles. The fraction of sp³-hybridized carbons (Fsp3) is 0.364. The molecule has 1 aromatic rings. The molecule has 0 fully saturated rings. The summed E-state index contributed by atoms with van der Waals surface area (Å²) in [4.78, 5) is 10.2. The molecule has 0 amide bonds. The molecule has 1 aromatic carbocycles. The fourth-order valence-electron chi connectivity index (χ4n) is 1.20. The van der Waals surface area contributed by atoms with Crippen molar-refractivity contribution in [3.05, 3.63) is 29.8 Å². The Kier molecular flexibility index (Phi) is 3.98. The zero-order valence-electron chi connectivity index (χ0n) is 8.16. The highest BCUT2D eigenvalue weighted by Gasteiger charge is 1.96. The zero-order chi connectivity index (χ0) is 10.4. The number of benzene rings is 1. The molecule has 1 rings (SSSR count). The van der Waals surface area contributed by atoms with Gasteiger partial charge < -0.3 is 14.6 Å². The van der Waals surface area contributed by atoms with Crippen molar-refractivity contribution in [2.24, 2.45) is 0 Å². The standard InChI is InChI=1S/C11H14O3/c1-2-14-10-5-3-4-9(8-10)6-7-11(12)13/h3-5,8H,2,6-7H2,1H3,(H,12,13)/p-1. The van der Waals surface area contributed by atoms with Crippen LogP contribution in [0.4, 0.5) is 0 Å². The molecule has 0 radical (unpaired) electrons. The molecule has 0 aliphatic carbocycles. The molecule has 76 valence electrons. The largest absolute Gasteiger partial charge is 0.550 e. The second kappa shape index (κ2) is 5.27. The Labute approximate surface area is 83.3 Å². The van der Waals surface area contributed by atoms with E-state index < -0.39 is 5.97 Å². The van der Waals surface area contributed by atoms with Crippen LogP contribution in [0.15, 0.2) is 24.3 Å². The number of ether oxygens (including phenoxy) is 1. The predicted octanol–water partition coefficient (Wildman–Crippen LogP) is 0.768. The van der Waals surface area contributed by atoms with Gasteiger partial charge in [0.2, 0.25) is 0 Å². The summed E-state index contributed by atoms with van der Waals surface area (Å²) in [6.45, 7) is 2.53. The van der Waals surface area contributed by atoms with E-state index in [2.05, 4.69) is 0 Å². The van der Waals surface area contributed by atoms with Crippen LogP contribution < -0.4 is 9.84 Å². The van der Waals surface area contributed by atoms with Crippen molar-refractivity contribution in [2.75, 3.05) is 6.61 Å². The summed E-state index contributed by atoms with van der Waals surface area (Å²) in [5.41, 5.74) is 0.958. The highest BCUT2D eigenvalue weighted by molar-refractivity contribution is 5.64. The van der Waals surface area contributed by atoms with E-state index in [-0.39, 0.29) is 6.42 Å². The van der Waals surface area contributed by atoms with Crippen molar-refractivity contribution in [3.8, 4) is 5.75 Å². The van der Waals surface area contributed by atoms with Gasteiger partial charge in [-0.25, -0.2) is 0 Å². The molecular weight excluding hydrogens is 180 g/mol. The first-order chi connectivity index (χ1) is 6.72. The van der Waals surface area contributed by atoms with E-state index >= 15 is 0 Å². The third-order valence-corrected chi connectivity index (χ3v) is 1.83. The third-order valence-electron chi connectivity index (χ3n) is 1.83. The molecule has 0 aliphatic rings. The Morgan fingerprint density at radius 2 is 2.29 bits per heavy atom. The normalized spacial score (nSPS) is 9.79. The van der Waals surface area contributed by atoms with E-state index in [0.717, 1.165) is 11.3 Å². The second-order valence-corrected chi connectivity index (χ2v) is 2.95. The number of carboxylic acid groups (broad SMARTS) is 1. The Bertz CT molecular complexity index is 307. The minimum absolute atomic E-state index is 0.0512. The van der Waals surface area contributed by atoms with Crippen molar-refractivity contribution < 1.29 is 14.6 Å². The minimum atomic E-state index is -1.02. The monoisotopic (exact) mass is 193 g/mol. The molecule has 0 bridgehead atoms. The van der Waals surface area contributed by atoms with E-state index in [9.17, 15) is 9.90 Å². The maximum atomic E-state index is 10.2. The summed E-state index contributed by atoms with van der Waals surface area (Å²) in [6.07, 6.45) is 0.541. The van der Waals surface area contributed by atoms with Crippen LogP contribution in [0.3, 0.4) is 0 Å². The Balaban J connectivity index is 2.58. The number of aryl methyl sites for hydroxylation is 1. The van der Waals surface area contributed by atoms with E-state index in [4.69, 9.17) is 4.74 Å². The summed E-state index contributed by atoms with van der Waals surface area (Å²) in [6, 6.07) is 7.44. The van der Waals surface area contributed by atoms with Crippen molar-refractivity contribution in [2.45, 2.75) is 19.8 Å². The molecular formula is C11H13O3-. The first kappa shape index (κ1) is 10.6. The summed E-state index contributed by atoms with van der Waals surface area (Å²) in [7, 11) is 0. The van der Waals surface area contributed by atoms with E-state index in [1.54, 1.807) is 0 Å². The fourth-order valence-corrected chi connectivity index (χ4v) is 1.20. The lowest BCUT2D eigenvalue weighted by atomic mass is 10.1. The quantitative estimate of drug-likeness (QED) is 0.694. The maximum absolute atomic E-state index is 10.2. The molecule has 3 nitrogen and oxygen atoms in total. The van der Waals surface area contributed by atoms with Crippen LogP contribution in [0.5, 0.6) is 5.75 Å². The number of carbonyl (C=O) groups excluding carboxylic acids is 1. The molecule has 0 spiro atoms. The third kappa shape index (κ3) is 3.47. The number of aliphatic carboxylic acids is 1. The van der Waals surface area contributed by atoms with Crippen molar-refractivity contribution in [1.82, 2.24) is 0 Å². The van der Waals surface area contributed by atoms with Gasteiger partial charge in [-0.3, -0.25) is 0 Å². The summed E-state index contributed by atoms with van der Waals surface area (Å²) in [5, 5.41) is 10.2. The lowest BCUT2D eigenvalue weighted by Gasteiger charge is -2.06. The number of hydrogen-bond acceptors (Lipinski definition) is 3. The van der Waals surface area contributed by atoms with Crippen LogP contribution in [0.1, 0.15) is 18.9 Å². The highest BCUT2D eigenvalue weighted by Crippen LogP contribution is 2.14. The van der Waals surface area contributed by atoms with Gasteiger partial charge in [0.15, 0.2) is 0 Å². The van der Waals surface area contributed by atoms with Gasteiger partial charge in [0, 0.05) is 5.97 Å². The smallest absolute Gasteiger partial charge is 0.119 e. The summed E-state index contributed by atoms with van der Waals surface area (Å²) in [5.74, 6) is -0.241. The average Bonchev–Trinajstić information content (AvgIpc) is 2.16. The van der Waals surface area contributed by atoms with E-state index in [0.29, 0.717) is 13.0 Å². The van der Waals surface area contributed by atoms with Gasteiger partial charge in [-0.05, 0) is 37.5 Å². The highest BCUT2D eigenvalue weighted by atomic mass is 16.5. The van der Waals surface area contributed by atoms with E-state index in [1.807, 2.05) is 31.2 Å². The molecule has 3 heteroatoms. The van der Waals surface area contributed by atoms with E-state index in [1.165, 1.54) is 0 Å². The van der Waals surface area contributed by atoms with Gasteiger partial charge in [0.25, 0.3) is 0 Å². The first-order valence-electron chi connectivity index (χ1n) is 4.64. The molecule has 0 unspecified atom stereocenters. The number of carboxylic acids is 1. The Hall–Kier alpha value is -1.51. The molecule has 0 aliphatic heterocycles. The van der Waals surface area contributed by atoms with Gasteiger partial charge in [-0.2, -0.15) is 0 Å². The minimum Gasteiger partial charge on any atom is -0.550 e. The van der Waals surface area contributed by atoms with Crippen molar-refractivity contribution in [1.29, 1.82) is 0 Å². The van der Waals surface area contributed by atoms with Crippen molar-refractivity contribution in [3.63, 3.8) is 0 Å². The predicted molar refractivity (Wildman–Crippen MR) is 50.9 cm³/mol. The van der Waals surface area contributed by atoms with Crippen LogP contribution in [-0.2, 0) is 11.2 Å². The zero-order valence-corrected chi connectivity index (χ0v) is 8.16. The van der Waals surface area contributed by atoms with Gasteiger partial charge >= 0.3 is 0 Å². The van der Waals surface area contributed by atoms with Crippen LogP contribution in [0.25, 0.3) is 0 Å². The Morgan fingerprint density at radius 1 is 1.50 bits per heavy atom. The summed E-state index contributed by atoms with van der Waals surface area (Å²) >= 11 is 0. The van der Waals surface area contributed by atoms with Crippen molar-refractivity contribution >= 4 is 5.97 Å². The Morgan fingerprint density at radius 3 is 2.93 bits per heavy atom. The number of hydrogen-bond donors (Lipinski definition) is 0. The van der Waals surface area contributed by atoms with Gasteiger partial charge in [0.05, 0.1) is 6.61 Å². The first-order valence-corrected chi connectivity index (χ1v) is 4.64. The SMILES string of the molecule is CCOc1cccc(CCC(=O)[O-])c1. The lowest BCUT2D eigenvalue weighted by Crippen LogP contribution is -2.22. The molecule has 0 saturated heterocycles. The van der Waals surface area contributed by atoms with Crippen LogP contribution >= 0.6 is 0 Å². The molecule has 0 heterocycles. The number of carbonyl (C=O) groups is 1. The maximum Gasteiger partial charge on any atom is 0.119 e. The molecule has 0 atom stereocenters. The summed E-state index contributed by atoms with van der Waals surface area (Å²) < 4.78 is 5.29.